The largest absolute Gasteiger partial charge is 0.453 e. The minimum atomic E-state index is -0.282. The van der Waals surface area contributed by atoms with Crippen LogP contribution in [0.3, 0.4) is 0 Å². The lowest BCUT2D eigenvalue weighted by Gasteiger charge is -2.33. The fourth-order valence-corrected chi connectivity index (χ4v) is 2.63. The number of carbonyl (C=O) groups is 1. The topological polar surface area (TPSA) is 76.4 Å². The Kier molecular flexibility index (Phi) is 4.73. The summed E-state index contributed by atoms with van der Waals surface area (Å²) >= 11 is 5.91. The van der Waals surface area contributed by atoms with Crippen LogP contribution in [0.1, 0.15) is 5.82 Å². The molecule has 122 valence electrons. The van der Waals surface area contributed by atoms with E-state index < -0.39 is 0 Å². The predicted octanol–water partition coefficient (Wildman–Crippen LogP) is 1.20. The van der Waals surface area contributed by atoms with Gasteiger partial charge < -0.3 is 9.64 Å². The molecule has 1 fully saturated rings. The van der Waals surface area contributed by atoms with Crippen molar-refractivity contribution in [2.75, 3.05) is 33.3 Å². The molecule has 0 spiro atoms. The number of amides is 1. The first-order valence-corrected chi connectivity index (χ1v) is 7.63. The van der Waals surface area contributed by atoms with Gasteiger partial charge in [0.05, 0.1) is 19.3 Å². The fourth-order valence-electron chi connectivity index (χ4n) is 2.50. The number of halogens is 1. The average Bonchev–Trinajstić information content (AvgIpc) is 3.03. The summed E-state index contributed by atoms with van der Waals surface area (Å²) in [4.78, 5) is 15.4. The second kappa shape index (κ2) is 6.93. The number of rotatable bonds is 3. The smallest absolute Gasteiger partial charge is 0.409 e. The highest BCUT2D eigenvalue weighted by Crippen LogP contribution is 2.15. The first-order valence-electron chi connectivity index (χ1n) is 7.26. The zero-order valence-electron chi connectivity index (χ0n) is 12.7. The van der Waals surface area contributed by atoms with E-state index in [2.05, 4.69) is 20.4 Å². The van der Waals surface area contributed by atoms with E-state index in [0.717, 1.165) is 24.6 Å². The summed E-state index contributed by atoms with van der Waals surface area (Å²) in [7, 11) is 1.40. The summed E-state index contributed by atoms with van der Waals surface area (Å²) in [5.74, 6) is 0.749. The molecule has 0 radical (unpaired) electrons. The van der Waals surface area contributed by atoms with Crippen LogP contribution in [-0.2, 0) is 11.3 Å². The third-order valence-electron chi connectivity index (χ3n) is 3.78. The van der Waals surface area contributed by atoms with Gasteiger partial charge in [0.25, 0.3) is 0 Å². The van der Waals surface area contributed by atoms with Gasteiger partial charge in [0.1, 0.15) is 0 Å². The number of nitrogens with zero attached hydrogens (tertiary/aromatic N) is 6. The number of piperazine rings is 1. The monoisotopic (exact) mass is 336 g/mol. The Hall–Kier alpha value is -2.19. The second-order valence-electron chi connectivity index (χ2n) is 5.22. The molecule has 1 aliphatic rings. The number of methoxy groups -OCH3 is 1. The highest BCUT2D eigenvalue weighted by molar-refractivity contribution is 6.30. The van der Waals surface area contributed by atoms with Crippen molar-refractivity contribution < 1.29 is 9.53 Å². The molecule has 0 N–H and O–H groups in total. The van der Waals surface area contributed by atoms with E-state index in [9.17, 15) is 4.79 Å². The van der Waals surface area contributed by atoms with Crippen molar-refractivity contribution in [2.24, 2.45) is 0 Å². The molecule has 0 unspecified atom stereocenters. The summed E-state index contributed by atoms with van der Waals surface area (Å²) in [5, 5.41) is 12.6. The minimum absolute atomic E-state index is 0.282. The van der Waals surface area contributed by atoms with E-state index in [1.807, 2.05) is 12.1 Å². The molecule has 0 saturated carbocycles. The quantitative estimate of drug-likeness (QED) is 0.838. The van der Waals surface area contributed by atoms with Gasteiger partial charge in [-0.1, -0.05) is 11.6 Å². The molecule has 1 aliphatic heterocycles. The van der Waals surface area contributed by atoms with Crippen LogP contribution in [0.4, 0.5) is 4.79 Å². The van der Waals surface area contributed by atoms with E-state index in [1.54, 1.807) is 21.7 Å². The van der Waals surface area contributed by atoms with Crippen molar-refractivity contribution >= 4 is 17.7 Å². The van der Waals surface area contributed by atoms with Crippen LogP contribution in [0.2, 0.25) is 5.02 Å². The van der Waals surface area contributed by atoms with Gasteiger partial charge in [-0.15, -0.1) is 5.10 Å². The molecule has 9 heteroatoms. The maximum absolute atomic E-state index is 11.5. The Morgan fingerprint density at radius 1 is 1.22 bits per heavy atom. The first kappa shape index (κ1) is 15.7. The van der Waals surface area contributed by atoms with Gasteiger partial charge in [-0.2, -0.15) is 4.68 Å². The number of hydrogen-bond acceptors (Lipinski definition) is 6. The Morgan fingerprint density at radius 3 is 2.57 bits per heavy atom. The predicted molar refractivity (Wildman–Crippen MR) is 83.4 cm³/mol. The van der Waals surface area contributed by atoms with Gasteiger partial charge in [0.2, 0.25) is 0 Å². The maximum atomic E-state index is 11.5. The van der Waals surface area contributed by atoms with Crippen LogP contribution in [0.15, 0.2) is 24.3 Å². The van der Waals surface area contributed by atoms with Crippen molar-refractivity contribution in [1.29, 1.82) is 0 Å². The first-order chi connectivity index (χ1) is 11.2. The Bertz CT molecular complexity index is 666. The SMILES string of the molecule is COC(=O)N1CCN(Cc2nnnn2-c2ccc(Cl)cc2)CC1. The van der Waals surface area contributed by atoms with Gasteiger partial charge in [-0.25, -0.2) is 4.79 Å². The van der Waals surface area contributed by atoms with Crippen LogP contribution in [0.5, 0.6) is 0 Å². The molecule has 2 aromatic rings. The Balaban J connectivity index is 1.65. The Labute approximate surface area is 138 Å². The van der Waals surface area contributed by atoms with Crippen molar-refractivity contribution in [1.82, 2.24) is 30.0 Å². The lowest BCUT2D eigenvalue weighted by molar-refractivity contribution is 0.0878. The van der Waals surface area contributed by atoms with E-state index in [4.69, 9.17) is 16.3 Å². The molecular formula is C14H17ClN6O2. The molecule has 2 heterocycles. The number of ether oxygens (including phenoxy) is 1. The van der Waals surface area contributed by atoms with Crippen LogP contribution in [0, 0.1) is 0 Å². The van der Waals surface area contributed by atoms with Crippen molar-refractivity contribution in [2.45, 2.75) is 6.54 Å². The normalized spacial score (nSPS) is 15.7. The molecule has 1 aromatic carbocycles. The molecule has 1 aromatic heterocycles. The van der Waals surface area contributed by atoms with E-state index in [1.165, 1.54) is 7.11 Å². The summed E-state index contributed by atoms with van der Waals surface area (Å²) in [6.45, 7) is 3.39. The van der Waals surface area contributed by atoms with Crippen LogP contribution in [0.25, 0.3) is 5.69 Å². The van der Waals surface area contributed by atoms with E-state index in [0.29, 0.717) is 24.7 Å². The standard InChI is InChI=1S/C14H17ClN6O2/c1-23-14(22)20-8-6-19(7-9-20)10-13-16-17-18-21(13)12-4-2-11(15)3-5-12/h2-5H,6-10H2,1H3. The van der Waals surface area contributed by atoms with Gasteiger partial charge in [-0.05, 0) is 34.7 Å². The molecular weight excluding hydrogens is 320 g/mol. The summed E-state index contributed by atoms with van der Waals surface area (Å²) < 4.78 is 6.44. The number of hydrogen-bond donors (Lipinski definition) is 0. The average molecular weight is 337 g/mol. The maximum Gasteiger partial charge on any atom is 0.409 e. The molecule has 3 rings (SSSR count). The van der Waals surface area contributed by atoms with Gasteiger partial charge in [0.15, 0.2) is 5.82 Å². The summed E-state index contributed by atoms with van der Waals surface area (Å²) in [6, 6.07) is 7.35. The zero-order valence-corrected chi connectivity index (χ0v) is 13.5. The van der Waals surface area contributed by atoms with E-state index >= 15 is 0 Å². The molecule has 23 heavy (non-hydrogen) atoms. The number of carbonyl (C=O) groups excluding carboxylic acids is 1. The molecule has 0 aliphatic carbocycles. The van der Waals surface area contributed by atoms with Gasteiger partial charge in [0, 0.05) is 31.2 Å². The second-order valence-corrected chi connectivity index (χ2v) is 5.65. The lowest BCUT2D eigenvalue weighted by atomic mass is 10.3. The highest BCUT2D eigenvalue weighted by atomic mass is 35.5. The van der Waals surface area contributed by atoms with Crippen molar-refractivity contribution in [3.8, 4) is 5.69 Å². The molecule has 0 atom stereocenters. The highest BCUT2D eigenvalue weighted by Gasteiger charge is 2.23. The molecule has 1 saturated heterocycles. The summed E-state index contributed by atoms with van der Waals surface area (Å²) in [5.41, 5.74) is 0.864. The number of tetrazole rings is 1. The van der Waals surface area contributed by atoms with E-state index in [-0.39, 0.29) is 6.09 Å². The minimum Gasteiger partial charge on any atom is -0.453 e. The van der Waals surface area contributed by atoms with Gasteiger partial charge in [-0.3, -0.25) is 4.90 Å². The van der Waals surface area contributed by atoms with Crippen LogP contribution < -0.4 is 0 Å². The summed E-state index contributed by atoms with van der Waals surface area (Å²) in [6.07, 6.45) is -0.282. The van der Waals surface area contributed by atoms with Gasteiger partial charge >= 0.3 is 6.09 Å². The van der Waals surface area contributed by atoms with Crippen LogP contribution in [-0.4, -0.2) is 69.4 Å². The van der Waals surface area contributed by atoms with Crippen molar-refractivity contribution in [3.63, 3.8) is 0 Å². The third-order valence-corrected chi connectivity index (χ3v) is 4.03. The number of benzene rings is 1. The van der Waals surface area contributed by atoms with Crippen molar-refractivity contribution in [3.05, 3.63) is 35.1 Å². The molecule has 1 amide bonds. The molecule has 8 nitrogen and oxygen atoms in total. The third kappa shape index (κ3) is 3.59. The number of aromatic nitrogens is 4. The molecule has 0 bridgehead atoms. The lowest BCUT2D eigenvalue weighted by Crippen LogP contribution is -2.48. The Morgan fingerprint density at radius 2 is 1.91 bits per heavy atom. The zero-order chi connectivity index (χ0) is 16.2. The van der Waals surface area contributed by atoms with Crippen LogP contribution >= 0.6 is 11.6 Å². The fraction of sp³-hybridized carbons (Fsp3) is 0.429.